The first-order valence-electron chi connectivity index (χ1n) is 7.37. The third kappa shape index (κ3) is 2.75. The highest BCUT2D eigenvalue weighted by molar-refractivity contribution is 7.99. The molecule has 0 radical (unpaired) electrons. The number of anilines is 1. The van der Waals surface area contributed by atoms with Crippen LogP contribution in [-0.2, 0) is 7.05 Å². The Morgan fingerprint density at radius 3 is 2.83 bits per heavy atom. The van der Waals surface area contributed by atoms with Gasteiger partial charge in [-0.1, -0.05) is 6.07 Å². The highest BCUT2D eigenvalue weighted by Crippen LogP contribution is 2.37. The van der Waals surface area contributed by atoms with E-state index < -0.39 is 7.12 Å². The van der Waals surface area contributed by atoms with Crippen LogP contribution >= 0.6 is 11.8 Å². The monoisotopic (exact) mass is 345 g/mol. The molecule has 0 aliphatic carbocycles. The van der Waals surface area contributed by atoms with Crippen LogP contribution in [0.4, 0.5) is 5.69 Å². The fourth-order valence-electron chi connectivity index (χ4n) is 2.85. The summed E-state index contributed by atoms with van der Waals surface area (Å²) in [5.41, 5.74) is 2.05. The maximum atomic E-state index is 12.9. The molecule has 9 heteroatoms. The second kappa shape index (κ2) is 6.42. The fourth-order valence-corrected chi connectivity index (χ4v) is 3.94. The molecule has 1 aromatic carbocycles. The van der Waals surface area contributed by atoms with Crippen molar-refractivity contribution >= 4 is 42.2 Å². The molecule has 1 aliphatic rings. The summed E-state index contributed by atoms with van der Waals surface area (Å²) >= 11 is 1.65. The van der Waals surface area contributed by atoms with E-state index in [4.69, 9.17) is 0 Å². The molecule has 2 N–H and O–H groups in total. The van der Waals surface area contributed by atoms with Crippen molar-refractivity contribution in [2.24, 2.45) is 7.05 Å². The quantitative estimate of drug-likeness (QED) is 0.599. The zero-order chi connectivity index (χ0) is 17.4. The van der Waals surface area contributed by atoms with Gasteiger partial charge in [0.2, 0.25) is 0 Å². The Morgan fingerprint density at radius 2 is 2.17 bits per heavy atom. The number of nitrogens with zero attached hydrogens (tertiary/aromatic N) is 3. The zero-order valence-corrected chi connectivity index (χ0v) is 14.1. The number of aryl methyl sites for hydroxylation is 2. The van der Waals surface area contributed by atoms with E-state index in [1.54, 1.807) is 21.3 Å². The van der Waals surface area contributed by atoms with Crippen molar-refractivity contribution in [3.8, 4) is 0 Å². The largest absolute Gasteiger partial charge is 0.489 e. The summed E-state index contributed by atoms with van der Waals surface area (Å²) in [4.78, 5) is 25.7. The summed E-state index contributed by atoms with van der Waals surface area (Å²) in [5.74, 6) is 0.515. The first kappa shape index (κ1) is 16.8. The summed E-state index contributed by atoms with van der Waals surface area (Å²) in [6.07, 6.45) is 0.512. The van der Waals surface area contributed by atoms with E-state index in [1.807, 2.05) is 14.0 Å². The summed E-state index contributed by atoms with van der Waals surface area (Å²) in [5, 5.41) is 23.8. The molecule has 0 unspecified atom stereocenters. The second-order valence-corrected chi connectivity index (χ2v) is 6.59. The van der Waals surface area contributed by atoms with Gasteiger partial charge in [0, 0.05) is 30.5 Å². The molecule has 0 saturated carbocycles. The first-order chi connectivity index (χ1) is 11.4. The minimum atomic E-state index is -1.76. The molecule has 3 rings (SSSR count). The van der Waals surface area contributed by atoms with Crippen molar-refractivity contribution in [3.05, 3.63) is 35.0 Å². The second-order valence-electron chi connectivity index (χ2n) is 5.50. The van der Waals surface area contributed by atoms with Crippen molar-refractivity contribution in [3.63, 3.8) is 0 Å². The fraction of sp³-hybridized carbons (Fsp3) is 0.267. The minimum absolute atomic E-state index is 0.0778. The number of fused-ring (bicyclic) bond motifs is 1. The van der Waals surface area contributed by atoms with E-state index in [0.717, 1.165) is 22.2 Å². The smallest absolute Gasteiger partial charge is 0.423 e. The van der Waals surface area contributed by atoms with Gasteiger partial charge in [-0.3, -0.25) is 14.3 Å². The predicted molar refractivity (Wildman–Crippen MR) is 92.0 cm³/mol. The van der Waals surface area contributed by atoms with Gasteiger partial charge in [0.1, 0.15) is 11.3 Å². The molecule has 0 bridgehead atoms. The predicted octanol–water partition coefficient (Wildman–Crippen LogP) is -0.0267. The number of rotatable bonds is 3. The van der Waals surface area contributed by atoms with Crippen LogP contribution in [0.2, 0.25) is 0 Å². The number of aldehydes is 1. The Balaban J connectivity index is 2.01. The van der Waals surface area contributed by atoms with Gasteiger partial charge in [-0.05, 0) is 24.5 Å². The molecule has 2 aromatic rings. The number of aromatic nitrogens is 2. The van der Waals surface area contributed by atoms with Gasteiger partial charge < -0.3 is 14.9 Å². The molecule has 1 aromatic heterocycles. The first-order valence-corrected chi connectivity index (χ1v) is 8.36. The summed E-state index contributed by atoms with van der Waals surface area (Å²) in [6, 6.07) is 4.27. The lowest BCUT2D eigenvalue weighted by Crippen LogP contribution is -2.37. The maximum Gasteiger partial charge on any atom is 0.489 e. The van der Waals surface area contributed by atoms with E-state index in [2.05, 4.69) is 5.10 Å². The highest BCUT2D eigenvalue weighted by Gasteiger charge is 2.29. The molecule has 0 fully saturated rings. The molecule has 1 amide bonds. The van der Waals surface area contributed by atoms with Gasteiger partial charge in [-0.2, -0.15) is 5.10 Å². The van der Waals surface area contributed by atoms with Crippen molar-refractivity contribution in [1.29, 1.82) is 0 Å². The summed E-state index contributed by atoms with van der Waals surface area (Å²) < 4.78 is 1.76. The van der Waals surface area contributed by atoms with Crippen LogP contribution in [-0.4, -0.2) is 51.4 Å². The lowest BCUT2D eigenvalue weighted by molar-refractivity contribution is 0.0987. The average molecular weight is 345 g/mol. The Hall–Kier alpha value is -2.10. The number of thioether (sulfide) groups is 1. The van der Waals surface area contributed by atoms with Crippen LogP contribution in [0.25, 0.3) is 0 Å². The average Bonchev–Trinajstić information content (AvgIpc) is 2.88. The Bertz CT molecular complexity index is 821. The molecule has 7 nitrogen and oxygen atoms in total. The number of hydrogen-bond acceptors (Lipinski definition) is 6. The third-order valence-electron chi connectivity index (χ3n) is 3.95. The number of benzene rings is 1. The van der Waals surface area contributed by atoms with Crippen LogP contribution in [0.1, 0.15) is 26.4 Å². The van der Waals surface area contributed by atoms with Crippen LogP contribution in [0.5, 0.6) is 0 Å². The maximum absolute atomic E-state index is 12.9. The SMILES string of the molecule is Cc1nn(C)c2c1N(C(=O)c1ccc(B(O)O)c(C=O)c1)CCS2. The van der Waals surface area contributed by atoms with E-state index in [1.165, 1.54) is 18.2 Å². The highest BCUT2D eigenvalue weighted by atomic mass is 32.2. The van der Waals surface area contributed by atoms with Crippen molar-refractivity contribution in [1.82, 2.24) is 9.78 Å². The minimum Gasteiger partial charge on any atom is -0.423 e. The molecule has 1 aliphatic heterocycles. The Kier molecular flexibility index (Phi) is 4.48. The van der Waals surface area contributed by atoms with Gasteiger partial charge in [-0.25, -0.2) is 0 Å². The third-order valence-corrected chi connectivity index (χ3v) is 5.06. The number of carbonyl (C=O) groups is 2. The van der Waals surface area contributed by atoms with Gasteiger partial charge >= 0.3 is 7.12 Å². The van der Waals surface area contributed by atoms with E-state index in [9.17, 15) is 19.6 Å². The molecule has 24 heavy (non-hydrogen) atoms. The van der Waals surface area contributed by atoms with E-state index in [-0.39, 0.29) is 16.9 Å². The molecule has 124 valence electrons. The van der Waals surface area contributed by atoms with Crippen molar-refractivity contribution in [2.45, 2.75) is 11.9 Å². The van der Waals surface area contributed by atoms with Crippen molar-refractivity contribution < 1.29 is 19.6 Å². The van der Waals surface area contributed by atoms with Crippen LogP contribution in [0.3, 0.4) is 0 Å². The number of amides is 1. The van der Waals surface area contributed by atoms with Crippen LogP contribution in [0, 0.1) is 6.92 Å². The standard InChI is InChI=1S/C15H16BN3O4S/c1-9-13-15(18(2)17-9)24-6-5-19(13)14(21)10-3-4-12(16(22)23)11(7-10)8-20/h3-4,7-8,22-23H,5-6H2,1-2H3. The van der Waals surface area contributed by atoms with Gasteiger partial charge in [0.15, 0.2) is 0 Å². The van der Waals surface area contributed by atoms with Crippen LogP contribution < -0.4 is 10.4 Å². The van der Waals surface area contributed by atoms with E-state index >= 15 is 0 Å². The topological polar surface area (TPSA) is 95.7 Å². The lowest BCUT2D eigenvalue weighted by Gasteiger charge is -2.27. The Labute approximate surface area is 143 Å². The van der Waals surface area contributed by atoms with Crippen molar-refractivity contribution in [2.75, 3.05) is 17.2 Å². The molecule has 0 saturated heterocycles. The molecular weight excluding hydrogens is 329 g/mol. The molecule has 0 spiro atoms. The summed E-state index contributed by atoms with van der Waals surface area (Å²) in [7, 11) is 0.0854. The number of hydrogen-bond donors (Lipinski definition) is 2. The molecule has 2 heterocycles. The van der Waals surface area contributed by atoms with Crippen LogP contribution in [0.15, 0.2) is 23.2 Å². The lowest BCUT2D eigenvalue weighted by atomic mass is 9.77. The van der Waals surface area contributed by atoms with Gasteiger partial charge in [-0.15, -0.1) is 11.8 Å². The van der Waals surface area contributed by atoms with Gasteiger partial charge in [0.05, 0.1) is 11.4 Å². The molecule has 0 atom stereocenters. The van der Waals surface area contributed by atoms with E-state index in [0.29, 0.717) is 18.4 Å². The van der Waals surface area contributed by atoms with Gasteiger partial charge in [0.25, 0.3) is 5.91 Å². The molecular formula is C15H16BN3O4S. The Morgan fingerprint density at radius 1 is 1.42 bits per heavy atom. The number of carbonyl (C=O) groups excluding carboxylic acids is 2. The summed E-state index contributed by atoms with van der Waals surface area (Å²) in [6.45, 7) is 2.40. The normalized spacial score (nSPS) is 13.6. The zero-order valence-electron chi connectivity index (χ0n) is 13.3.